The van der Waals surface area contributed by atoms with Crippen molar-refractivity contribution in [3.05, 3.63) is 94.3 Å². The Kier molecular flexibility index (Phi) is 8.59. The summed E-state index contributed by atoms with van der Waals surface area (Å²) in [6.45, 7) is 9.41. The van der Waals surface area contributed by atoms with Gasteiger partial charge in [0.05, 0.1) is 37.0 Å². The van der Waals surface area contributed by atoms with Gasteiger partial charge >= 0.3 is 0 Å². The summed E-state index contributed by atoms with van der Waals surface area (Å²) in [6, 6.07) is 12.3. The van der Waals surface area contributed by atoms with Gasteiger partial charge in [-0.25, -0.2) is 12.8 Å². The standard InChI is InChI=1S/C34H37FN2O7S/c1-20(2)18-44-23-10-12-24(25(35)16-23)32-33-26(17-34(3,4)19-45(33,40)41)36-31-27(8-7-9-28(31)38)37(32)30(39)15-21-14-22(42-5)11-13-29(21)43-6/h7-14,16,32,36,38H,1,15,17-19H2,2-6H3/t32-/m1/s1. The molecule has 0 radical (unpaired) electrons. The predicted molar refractivity (Wildman–Crippen MR) is 171 cm³/mol. The number of carbonyl (C=O) groups is 1. The summed E-state index contributed by atoms with van der Waals surface area (Å²) < 4.78 is 61.1. The highest BCUT2D eigenvalue weighted by Crippen LogP contribution is 2.52. The van der Waals surface area contributed by atoms with Gasteiger partial charge in [-0.15, -0.1) is 0 Å². The molecule has 11 heteroatoms. The van der Waals surface area contributed by atoms with Crippen molar-refractivity contribution in [1.29, 1.82) is 0 Å². The number of halogens is 1. The van der Waals surface area contributed by atoms with Crippen molar-refractivity contribution in [2.45, 2.75) is 39.7 Å². The topological polar surface area (TPSA) is 114 Å². The van der Waals surface area contributed by atoms with Crippen molar-refractivity contribution < 1.29 is 36.9 Å². The van der Waals surface area contributed by atoms with Crippen LogP contribution in [0, 0.1) is 11.2 Å². The number of hydrogen-bond acceptors (Lipinski definition) is 8. The number of anilines is 2. The van der Waals surface area contributed by atoms with Crippen LogP contribution in [0.2, 0.25) is 0 Å². The summed E-state index contributed by atoms with van der Waals surface area (Å²) in [6.07, 6.45) is 0.0283. The third kappa shape index (κ3) is 6.35. The molecular formula is C34H37FN2O7S. The van der Waals surface area contributed by atoms with E-state index in [1.807, 2.05) is 13.8 Å². The maximum Gasteiger partial charge on any atom is 0.232 e. The second-order valence-corrected chi connectivity index (χ2v) is 14.1. The van der Waals surface area contributed by atoms with Crippen LogP contribution in [0.4, 0.5) is 15.8 Å². The van der Waals surface area contributed by atoms with Crippen LogP contribution < -0.4 is 24.4 Å². The third-order valence-electron chi connectivity index (χ3n) is 7.78. The van der Waals surface area contributed by atoms with E-state index in [9.17, 15) is 18.3 Å². The van der Waals surface area contributed by atoms with E-state index in [0.717, 1.165) is 5.57 Å². The molecule has 238 valence electrons. The van der Waals surface area contributed by atoms with Crippen molar-refractivity contribution in [1.82, 2.24) is 0 Å². The van der Waals surface area contributed by atoms with E-state index in [1.54, 1.807) is 37.3 Å². The molecular weight excluding hydrogens is 599 g/mol. The Bertz CT molecular complexity index is 1820. The zero-order valence-electron chi connectivity index (χ0n) is 25.9. The summed E-state index contributed by atoms with van der Waals surface area (Å²) in [5.41, 5.74) is 1.12. The number of methoxy groups -OCH3 is 2. The lowest BCUT2D eigenvalue weighted by Gasteiger charge is -2.37. The number of benzene rings is 3. The van der Waals surface area contributed by atoms with Crippen LogP contribution in [0.3, 0.4) is 0 Å². The molecule has 0 spiro atoms. The van der Waals surface area contributed by atoms with Gasteiger partial charge in [-0.05, 0) is 66.8 Å². The molecule has 1 atom stereocenters. The predicted octanol–water partition coefficient (Wildman–Crippen LogP) is 6.30. The number of sulfone groups is 1. The molecule has 2 aliphatic heterocycles. The zero-order valence-corrected chi connectivity index (χ0v) is 26.8. The van der Waals surface area contributed by atoms with Crippen LogP contribution in [0.25, 0.3) is 0 Å². The fourth-order valence-electron chi connectivity index (χ4n) is 5.95. The van der Waals surface area contributed by atoms with Gasteiger partial charge in [0, 0.05) is 22.9 Å². The third-order valence-corrected chi connectivity index (χ3v) is 10.1. The number of nitrogens with one attached hydrogen (secondary N) is 1. The second-order valence-electron chi connectivity index (χ2n) is 12.2. The van der Waals surface area contributed by atoms with Gasteiger partial charge < -0.3 is 24.6 Å². The van der Waals surface area contributed by atoms with Crippen molar-refractivity contribution >= 4 is 27.1 Å². The number of ether oxygens (including phenoxy) is 3. The molecule has 3 aromatic carbocycles. The highest BCUT2D eigenvalue weighted by Gasteiger charge is 2.47. The Balaban J connectivity index is 1.77. The number of phenols is 1. The van der Waals surface area contributed by atoms with Gasteiger partial charge in [-0.1, -0.05) is 26.5 Å². The quantitative estimate of drug-likeness (QED) is 0.219. The first kappa shape index (κ1) is 31.9. The first-order valence-corrected chi connectivity index (χ1v) is 16.0. The molecule has 0 saturated carbocycles. The van der Waals surface area contributed by atoms with Gasteiger partial charge in [0.15, 0.2) is 9.84 Å². The van der Waals surface area contributed by atoms with E-state index in [0.29, 0.717) is 17.1 Å². The summed E-state index contributed by atoms with van der Waals surface area (Å²) in [5.74, 6) is -0.591. The van der Waals surface area contributed by atoms with Crippen molar-refractivity contribution in [3.8, 4) is 23.0 Å². The molecule has 0 bridgehead atoms. The monoisotopic (exact) mass is 636 g/mol. The number of nitrogens with zero attached hydrogens (tertiary/aromatic N) is 1. The molecule has 5 rings (SSSR count). The average Bonchev–Trinajstić information content (AvgIpc) is 3.10. The van der Waals surface area contributed by atoms with E-state index in [2.05, 4.69) is 11.9 Å². The summed E-state index contributed by atoms with van der Waals surface area (Å²) in [5, 5.41) is 14.2. The number of rotatable bonds is 8. The lowest BCUT2D eigenvalue weighted by molar-refractivity contribution is -0.118. The fraction of sp³-hybridized carbons (Fsp3) is 0.324. The van der Waals surface area contributed by atoms with Gasteiger partial charge in [0.25, 0.3) is 0 Å². The second kappa shape index (κ2) is 12.1. The Morgan fingerprint density at radius 2 is 1.84 bits per heavy atom. The number of aromatic hydroxyl groups is 1. The van der Waals surface area contributed by atoms with Crippen LogP contribution in [-0.2, 0) is 21.1 Å². The highest BCUT2D eigenvalue weighted by molar-refractivity contribution is 7.95. The minimum absolute atomic E-state index is 0.0441. The first-order chi connectivity index (χ1) is 21.2. The van der Waals surface area contributed by atoms with Gasteiger partial charge in [0.2, 0.25) is 5.91 Å². The largest absolute Gasteiger partial charge is 0.506 e. The van der Waals surface area contributed by atoms with Gasteiger partial charge in [-0.3, -0.25) is 9.69 Å². The highest BCUT2D eigenvalue weighted by atomic mass is 32.2. The molecule has 0 saturated heterocycles. The zero-order chi connectivity index (χ0) is 32.7. The van der Waals surface area contributed by atoms with Crippen LogP contribution in [0.5, 0.6) is 23.0 Å². The molecule has 2 aliphatic rings. The van der Waals surface area contributed by atoms with Crippen LogP contribution in [0.1, 0.15) is 44.4 Å². The minimum atomic E-state index is -4.07. The number of allylic oxidation sites excluding steroid dienone is 1. The molecule has 9 nitrogen and oxygen atoms in total. The van der Waals surface area contributed by atoms with E-state index in [-0.39, 0.29) is 64.2 Å². The van der Waals surface area contributed by atoms with E-state index < -0.39 is 33.0 Å². The maximum absolute atomic E-state index is 16.2. The number of hydrogen-bond donors (Lipinski definition) is 2. The molecule has 0 aromatic heterocycles. The van der Waals surface area contributed by atoms with E-state index in [1.165, 1.54) is 43.4 Å². The normalized spacial score (nSPS) is 18.2. The lowest BCUT2D eigenvalue weighted by Crippen LogP contribution is -2.42. The lowest BCUT2D eigenvalue weighted by atomic mass is 9.88. The molecule has 1 amide bonds. The SMILES string of the molecule is C=C(C)COc1ccc([C@@H]2C3=C(CC(C)(C)CS3(=O)=O)Nc3c(O)cccc3N2C(=O)Cc2cc(OC)ccc2OC)c(F)c1. The Hall–Kier alpha value is -4.51. The Morgan fingerprint density at radius 3 is 2.51 bits per heavy atom. The number of amides is 1. The number of carbonyl (C=O) groups excluding carboxylic acids is 1. The van der Waals surface area contributed by atoms with Crippen molar-refractivity contribution in [2.75, 3.05) is 36.8 Å². The molecule has 0 unspecified atom stereocenters. The molecule has 0 aliphatic carbocycles. The van der Waals surface area contributed by atoms with Crippen LogP contribution in [-0.4, -0.2) is 46.0 Å². The van der Waals surface area contributed by atoms with Crippen LogP contribution in [0.15, 0.2) is 77.4 Å². The minimum Gasteiger partial charge on any atom is -0.506 e. The average molecular weight is 637 g/mol. The van der Waals surface area contributed by atoms with Crippen molar-refractivity contribution in [3.63, 3.8) is 0 Å². The molecule has 0 fully saturated rings. The molecule has 2 N–H and O–H groups in total. The number of phenolic OH excluding ortho intramolecular Hbond substituents is 1. The Morgan fingerprint density at radius 1 is 1.11 bits per heavy atom. The summed E-state index contributed by atoms with van der Waals surface area (Å²) in [4.78, 5) is 15.7. The summed E-state index contributed by atoms with van der Waals surface area (Å²) >= 11 is 0. The summed E-state index contributed by atoms with van der Waals surface area (Å²) in [7, 11) is -1.09. The number of fused-ring (bicyclic) bond motifs is 1. The maximum atomic E-state index is 16.2. The van der Waals surface area contributed by atoms with Crippen molar-refractivity contribution in [2.24, 2.45) is 5.41 Å². The van der Waals surface area contributed by atoms with Gasteiger partial charge in [-0.2, -0.15) is 0 Å². The van der Waals surface area contributed by atoms with E-state index >= 15 is 4.39 Å². The van der Waals surface area contributed by atoms with E-state index in [4.69, 9.17) is 14.2 Å². The van der Waals surface area contributed by atoms with Crippen LogP contribution >= 0.6 is 0 Å². The molecule has 2 heterocycles. The molecule has 3 aromatic rings. The molecule has 45 heavy (non-hydrogen) atoms. The smallest absolute Gasteiger partial charge is 0.232 e. The fourth-order valence-corrected chi connectivity index (χ4v) is 8.31. The Labute approximate surface area is 262 Å². The number of para-hydroxylation sites is 1. The van der Waals surface area contributed by atoms with Gasteiger partial charge in [0.1, 0.15) is 47.2 Å². The first-order valence-electron chi connectivity index (χ1n) is 14.4.